The second-order valence-corrected chi connectivity index (χ2v) is 4.29. The predicted octanol–water partition coefficient (Wildman–Crippen LogP) is -0.265. The largest absolute Gasteiger partial charge is 0.481 e. The van der Waals surface area contributed by atoms with Gasteiger partial charge in [-0.05, 0) is 6.42 Å². The van der Waals surface area contributed by atoms with Gasteiger partial charge in [0.25, 0.3) is 0 Å². The Hall–Kier alpha value is -1.83. The summed E-state index contributed by atoms with van der Waals surface area (Å²) >= 11 is 0. The Bertz CT molecular complexity index is 359. The lowest BCUT2D eigenvalue weighted by Gasteiger charge is -2.33. The van der Waals surface area contributed by atoms with E-state index in [0.717, 1.165) is 6.42 Å². The molecule has 19 heavy (non-hydrogen) atoms. The number of carboxylic acid groups (broad SMARTS) is 2. The first kappa shape index (κ1) is 15.2. The number of morpholine rings is 1. The Balaban J connectivity index is 2.56. The van der Waals surface area contributed by atoms with Crippen molar-refractivity contribution >= 4 is 18.0 Å². The number of ether oxygens (including phenoxy) is 1. The monoisotopic (exact) mass is 274 g/mol. The molecule has 8 heteroatoms. The van der Waals surface area contributed by atoms with Crippen LogP contribution in [0, 0.1) is 0 Å². The lowest BCUT2D eigenvalue weighted by Crippen LogP contribution is -2.53. The van der Waals surface area contributed by atoms with Gasteiger partial charge >= 0.3 is 18.0 Å². The smallest absolute Gasteiger partial charge is 0.326 e. The zero-order valence-electron chi connectivity index (χ0n) is 10.7. The number of nitrogens with one attached hydrogen (secondary N) is 1. The molecule has 2 amide bonds. The summed E-state index contributed by atoms with van der Waals surface area (Å²) in [6.07, 6.45) is 0.0337. The number of hydrogen-bond acceptors (Lipinski definition) is 4. The molecular weight excluding hydrogens is 256 g/mol. The number of aliphatic carboxylic acids is 2. The minimum absolute atomic E-state index is 0.0674. The molecule has 108 valence electrons. The summed E-state index contributed by atoms with van der Waals surface area (Å²) in [4.78, 5) is 34.7. The van der Waals surface area contributed by atoms with Gasteiger partial charge in [0.2, 0.25) is 0 Å². The lowest BCUT2D eigenvalue weighted by molar-refractivity contribution is -0.145. The molecule has 0 aromatic rings. The summed E-state index contributed by atoms with van der Waals surface area (Å²) in [5.74, 6) is -2.64. The highest BCUT2D eigenvalue weighted by Crippen LogP contribution is 2.08. The van der Waals surface area contributed by atoms with Crippen molar-refractivity contribution in [2.75, 3.05) is 19.7 Å². The van der Waals surface area contributed by atoms with Crippen LogP contribution >= 0.6 is 0 Å². The molecule has 0 spiro atoms. The van der Waals surface area contributed by atoms with Gasteiger partial charge in [-0.25, -0.2) is 9.59 Å². The average Bonchev–Trinajstić information content (AvgIpc) is 2.37. The Morgan fingerprint density at radius 1 is 1.42 bits per heavy atom. The topological polar surface area (TPSA) is 116 Å². The van der Waals surface area contributed by atoms with Gasteiger partial charge in [-0.1, -0.05) is 6.92 Å². The standard InChI is InChI=1S/C11H18N2O6/c1-2-7-6-13(3-4-19-7)11(18)12-8(10(16)17)5-9(14)15/h7-8H,2-6H2,1H3,(H,12,18)(H,14,15)(H,16,17)/t7?,8-/m1/s1. The SMILES string of the molecule is CCC1CN(C(=O)N[C@H](CC(=O)O)C(=O)O)CCO1. The van der Waals surface area contributed by atoms with E-state index in [1.807, 2.05) is 6.92 Å². The maximum Gasteiger partial charge on any atom is 0.326 e. The summed E-state index contributed by atoms with van der Waals surface area (Å²) in [6.45, 7) is 3.06. The second-order valence-electron chi connectivity index (χ2n) is 4.29. The normalized spacial score (nSPS) is 20.7. The van der Waals surface area contributed by atoms with Crippen molar-refractivity contribution in [3.8, 4) is 0 Å². The molecule has 0 aromatic heterocycles. The minimum atomic E-state index is -1.42. The van der Waals surface area contributed by atoms with Crippen molar-refractivity contribution in [2.24, 2.45) is 0 Å². The van der Waals surface area contributed by atoms with Crippen molar-refractivity contribution in [1.29, 1.82) is 0 Å². The van der Waals surface area contributed by atoms with Gasteiger partial charge < -0.3 is 25.2 Å². The maximum absolute atomic E-state index is 11.9. The molecule has 2 atom stereocenters. The van der Waals surface area contributed by atoms with Crippen molar-refractivity contribution < 1.29 is 29.3 Å². The third-order valence-corrected chi connectivity index (χ3v) is 2.86. The molecule has 0 saturated carbocycles. The number of hydrogen-bond donors (Lipinski definition) is 3. The Kier molecular flexibility index (Phi) is 5.56. The van der Waals surface area contributed by atoms with Crippen LogP contribution < -0.4 is 5.32 Å². The van der Waals surface area contributed by atoms with Crippen molar-refractivity contribution in [3.05, 3.63) is 0 Å². The summed E-state index contributed by atoms with van der Waals surface area (Å²) < 4.78 is 5.39. The van der Waals surface area contributed by atoms with E-state index in [1.54, 1.807) is 0 Å². The molecule has 1 saturated heterocycles. The molecule has 1 fully saturated rings. The number of amides is 2. The molecule has 1 aliphatic rings. The first-order valence-corrected chi connectivity index (χ1v) is 6.05. The van der Waals surface area contributed by atoms with Crippen molar-refractivity contribution in [2.45, 2.75) is 31.9 Å². The fraction of sp³-hybridized carbons (Fsp3) is 0.727. The number of carboxylic acids is 2. The highest BCUT2D eigenvalue weighted by atomic mass is 16.5. The van der Waals surface area contributed by atoms with E-state index in [-0.39, 0.29) is 6.10 Å². The van der Waals surface area contributed by atoms with Gasteiger partial charge in [0.05, 0.1) is 19.1 Å². The molecule has 1 heterocycles. The summed E-state index contributed by atoms with van der Waals surface area (Å²) in [6, 6.07) is -2.00. The highest BCUT2D eigenvalue weighted by molar-refractivity contribution is 5.86. The molecule has 1 unspecified atom stereocenters. The zero-order valence-corrected chi connectivity index (χ0v) is 10.7. The highest BCUT2D eigenvalue weighted by Gasteiger charge is 2.28. The van der Waals surface area contributed by atoms with Crippen LogP contribution in [-0.4, -0.2) is 64.9 Å². The molecule has 1 aliphatic heterocycles. The maximum atomic E-state index is 11.9. The fourth-order valence-corrected chi connectivity index (χ4v) is 1.77. The van der Waals surface area contributed by atoms with E-state index in [4.69, 9.17) is 14.9 Å². The second kappa shape index (κ2) is 6.93. The predicted molar refractivity (Wildman–Crippen MR) is 63.8 cm³/mol. The van der Waals surface area contributed by atoms with E-state index in [0.29, 0.717) is 19.7 Å². The Morgan fingerprint density at radius 2 is 2.11 bits per heavy atom. The van der Waals surface area contributed by atoms with Gasteiger partial charge in [-0.2, -0.15) is 0 Å². The summed E-state index contributed by atoms with van der Waals surface area (Å²) in [5, 5.41) is 19.6. The van der Waals surface area contributed by atoms with Crippen LogP contribution in [-0.2, 0) is 14.3 Å². The molecule has 8 nitrogen and oxygen atoms in total. The summed E-state index contributed by atoms with van der Waals surface area (Å²) in [7, 11) is 0. The van der Waals surface area contributed by atoms with Crippen LogP contribution in [0.15, 0.2) is 0 Å². The van der Waals surface area contributed by atoms with E-state index >= 15 is 0 Å². The molecule has 0 radical (unpaired) electrons. The minimum Gasteiger partial charge on any atom is -0.481 e. The van der Waals surface area contributed by atoms with E-state index in [9.17, 15) is 14.4 Å². The number of carbonyl (C=O) groups excluding carboxylic acids is 1. The third kappa shape index (κ3) is 4.74. The zero-order chi connectivity index (χ0) is 14.4. The third-order valence-electron chi connectivity index (χ3n) is 2.86. The average molecular weight is 274 g/mol. The quantitative estimate of drug-likeness (QED) is 0.635. The Labute approximate surface area is 110 Å². The van der Waals surface area contributed by atoms with E-state index < -0.39 is 30.4 Å². The fourth-order valence-electron chi connectivity index (χ4n) is 1.77. The van der Waals surface area contributed by atoms with Gasteiger partial charge in [-0.3, -0.25) is 4.79 Å². The van der Waals surface area contributed by atoms with Crippen molar-refractivity contribution in [1.82, 2.24) is 10.2 Å². The number of rotatable bonds is 5. The summed E-state index contributed by atoms with van der Waals surface area (Å²) in [5.41, 5.74) is 0. The molecule has 0 aromatic carbocycles. The first-order valence-electron chi connectivity index (χ1n) is 6.05. The molecule has 1 rings (SSSR count). The van der Waals surface area contributed by atoms with Gasteiger partial charge in [0, 0.05) is 13.1 Å². The molecular formula is C11H18N2O6. The van der Waals surface area contributed by atoms with Crippen LogP contribution in [0.5, 0.6) is 0 Å². The van der Waals surface area contributed by atoms with Crippen LogP contribution in [0.2, 0.25) is 0 Å². The number of carbonyl (C=O) groups is 3. The number of nitrogens with zero attached hydrogens (tertiary/aromatic N) is 1. The molecule has 0 bridgehead atoms. The van der Waals surface area contributed by atoms with E-state index in [1.165, 1.54) is 4.90 Å². The van der Waals surface area contributed by atoms with Crippen LogP contribution in [0.25, 0.3) is 0 Å². The number of urea groups is 1. The van der Waals surface area contributed by atoms with E-state index in [2.05, 4.69) is 5.32 Å². The Morgan fingerprint density at radius 3 is 2.63 bits per heavy atom. The van der Waals surface area contributed by atoms with Gasteiger partial charge in [0.1, 0.15) is 6.04 Å². The molecule has 0 aliphatic carbocycles. The lowest BCUT2D eigenvalue weighted by atomic mass is 10.2. The van der Waals surface area contributed by atoms with Gasteiger partial charge in [0.15, 0.2) is 0 Å². The van der Waals surface area contributed by atoms with Crippen LogP contribution in [0.1, 0.15) is 19.8 Å². The van der Waals surface area contributed by atoms with Crippen LogP contribution in [0.3, 0.4) is 0 Å². The van der Waals surface area contributed by atoms with Crippen molar-refractivity contribution in [3.63, 3.8) is 0 Å². The van der Waals surface area contributed by atoms with Crippen LogP contribution in [0.4, 0.5) is 4.79 Å². The van der Waals surface area contributed by atoms with Gasteiger partial charge in [-0.15, -0.1) is 0 Å². The molecule has 3 N–H and O–H groups in total. The first-order chi connectivity index (χ1) is 8.93.